The van der Waals surface area contributed by atoms with Crippen molar-refractivity contribution in [3.05, 3.63) is 34.9 Å². The average molecular weight is 531 g/mol. The third-order valence-corrected chi connectivity index (χ3v) is 8.27. The lowest BCUT2D eigenvalue weighted by Gasteiger charge is -2.42. The summed E-state index contributed by atoms with van der Waals surface area (Å²) in [6, 6.07) is 2.64. The van der Waals surface area contributed by atoms with Gasteiger partial charge < -0.3 is 39.7 Å². The summed E-state index contributed by atoms with van der Waals surface area (Å²) >= 11 is 0. The highest BCUT2D eigenvalue weighted by molar-refractivity contribution is 5.96. The Morgan fingerprint density at radius 3 is 2.61 bits per heavy atom. The van der Waals surface area contributed by atoms with E-state index in [0.29, 0.717) is 41.4 Å². The normalized spacial score (nSPS) is 28.3. The summed E-state index contributed by atoms with van der Waals surface area (Å²) < 4.78 is 17.7. The zero-order valence-corrected chi connectivity index (χ0v) is 21.8. The van der Waals surface area contributed by atoms with Gasteiger partial charge in [-0.2, -0.15) is 0 Å². The van der Waals surface area contributed by atoms with Gasteiger partial charge in [-0.05, 0) is 49.5 Å². The highest BCUT2D eigenvalue weighted by Gasteiger charge is 2.52. The van der Waals surface area contributed by atoms with Gasteiger partial charge in [0.15, 0.2) is 11.5 Å². The highest BCUT2D eigenvalue weighted by atomic mass is 16.5. The molecule has 5 atom stereocenters. The van der Waals surface area contributed by atoms with Gasteiger partial charge in [-0.3, -0.25) is 9.59 Å². The Balaban J connectivity index is 1.56. The fraction of sp³-hybridized carbons (Fsp3) is 0.643. The number of methoxy groups -OCH3 is 1. The summed E-state index contributed by atoms with van der Waals surface area (Å²) in [4.78, 5) is 29.0. The molecule has 4 N–H and O–H groups in total. The predicted molar refractivity (Wildman–Crippen MR) is 137 cm³/mol. The molecule has 2 heterocycles. The molecule has 10 heteroatoms. The van der Waals surface area contributed by atoms with Crippen LogP contribution in [0.2, 0.25) is 0 Å². The van der Waals surface area contributed by atoms with Gasteiger partial charge in [0.1, 0.15) is 12.2 Å². The second-order valence-electron chi connectivity index (χ2n) is 10.6. The maximum Gasteiger partial charge on any atom is 0.247 e. The molecule has 2 fully saturated rings. The minimum atomic E-state index is -1.11. The van der Waals surface area contributed by atoms with Gasteiger partial charge >= 0.3 is 0 Å². The summed E-state index contributed by atoms with van der Waals surface area (Å²) in [7, 11) is 1.50. The van der Waals surface area contributed by atoms with Gasteiger partial charge in [0.2, 0.25) is 11.8 Å². The van der Waals surface area contributed by atoms with E-state index >= 15 is 0 Å². The number of amides is 2. The van der Waals surface area contributed by atoms with Crippen molar-refractivity contribution in [1.29, 1.82) is 0 Å². The monoisotopic (exact) mass is 530 g/mol. The SMILES string of the molecule is COc1cc(CO)cc2c1O[C@@H]1[C@@H](O)[C@H](N(C[C@H]3CCCO3)C(=O)C3CCCC3)C=C(C(=O)NCCO)[C@H]21. The summed E-state index contributed by atoms with van der Waals surface area (Å²) in [6.07, 6.45) is 4.98. The van der Waals surface area contributed by atoms with Crippen molar-refractivity contribution >= 4 is 11.8 Å². The van der Waals surface area contributed by atoms with Crippen molar-refractivity contribution in [2.75, 3.05) is 33.4 Å². The van der Waals surface area contributed by atoms with Crippen LogP contribution in [0.5, 0.6) is 11.5 Å². The molecule has 4 aliphatic rings. The van der Waals surface area contributed by atoms with Gasteiger partial charge in [0, 0.05) is 36.8 Å². The number of ether oxygens (including phenoxy) is 3. The molecule has 2 aliphatic heterocycles. The van der Waals surface area contributed by atoms with E-state index in [9.17, 15) is 24.9 Å². The molecule has 0 bridgehead atoms. The lowest BCUT2D eigenvalue weighted by molar-refractivity contribution is -0.143. The van der Waals surface area contributed by atoms with Crippen LogP contribution in [0.25, 0.3) is 0 Å². The minimum absolute atomic E-state index is 0.0254. The van der Waals surface area contributed by atoms with Crippen LogP contribution >= 0.6 is 0 Å². The molecule has 2 aliphatic carbocycles. The van der Waals surface area contributed by atoms with Crippen LogP contribution in [0.15, 0.2) is 23.8 Å². The second-order valence-corrected chi connectivity index (χ2v) is 10.6. The Morgan fingerprint density at radius 1 is 1.16 bits per heavy atom. The van der Waals surface area contributed by atoms with Crippen LogP contribution in [0.3, 0.4) is 0 Å². The van der Waals surface area contributed by atoms with Gasteiger partial charge in [0.05, 0.1) is 38.4 Å². The molecule has 208 valence electrons. The van der Waals surface area contributed by atoms with Crippen LogP contribution in [0.1, 0.15) is 55.6 Å². The topological polar surface area (TPSA) is 138 Å². The highest BCUT2D eigenvalue weighted by Crippen LogP contribution is 2.51. The molecule has 0 spiro atoms. The number of aliphatic hydroxyl groups excluding tert-OH is 3. The number of hydrogen-bond acceptors (Lipinski definition) is 8. The van der Waals surface area contributed by atoms with Gasteiger partial charge in [0.25, 0.3) is 0 Å². The fourth-order valence-electron chi connectivity index (χ4n) is 6.39. The number of rotatable bonds is 9. The molecule has 1 saturated heterocycles. The lowest BCUT2D eigenvalue weighted by Crippen LogP contribution is -2.58. The number of nitrogens with zero attached hydrogens (tertiary/aromatic N) is 1. The average Bonchev–Trinajstić information content (AvgIpc) is 3.71. The zero-order valence-electron chi connectivity index (χ0n) is 21.8. The first-order valence-electron chi connectivity index (χ1n) is 13.7. The Morgan fingerprint density at radius 2 is 1.95 bits per heavy atom. The van der Waals surface area contributed by atoms with Crippen LogP contribution < -0.4 is 14.8 Å². The maximum atomic E-state index is 13.8. The summed E-state index contributed by atoms with van der Waals surface area (Å²) in [5.41, 5.74) is 1.58. The summed E-state index contributed by atoms with van der Waals surface area (Å²) in [5.74, 6) is -0.369. The Bertz CT molecular complexity index is 1060. The van der Waals surface area contributed by atoms with E-state index in [1.807, 2.05) is 0 Å². The zero-order chi connectivity index (χ0) is 26.8. The van der Waals surface area contributed by atoms with E-state index in [2.05, 4.69) is 5.32 Å². The molecule has 1 saturated carbocycles. The number of fused-ring (bicyclic) bond motifs is 3. The van der Waals surface area contributed by atoms with Crippen molar-refractivity contribution in [2.45, 2.75) is 75.4 Å². The number of nitrogens with one attached hydrogen (secondary N) is 1. The molecular formula is C28H38N2O8. The molecule has 5 rings (SSSR count). The van der Waals surface area contributed by atoms with Crippen molar-refractivity contribution in [2.24, 2.45) is 5.92 Å². The van der Waals surface area contributed by atoms with E-state index in [0.717, 1.165) is 38.5 Å². The van der Waals surface area contributed by atoms with E-state index in [-0.39, 0.29) is 37.7 Å². The molecule has 2 amide bonds. The predicted octanol–water partition coefficient (Wildman–Crippen LogP) is 1.01. The van der Waals surface area contributed by atoms with Crippen molar-refractivity contribution in [1.82, 2.24) is 10.2 Å². The smallest absolute Gasteiger partial charge is 0.247 e. The van der Waals surface area contributed by atoms with E-state index in [1.54, 1.807) is 23.1 Å². The van der Waals surface area contributed by atoms with Crippen LogP contribution in [0.4, 0.5) is 0 Å². The number of carbonyl (C=O) groups is 2. The molecular weight excluding hydrogens is 492 g/mol. The van der Waals surface area contributed by atoms with E-state index < -0.39 is 30.1 Å². The fourth-order valence-corrected chi connectivity index (χ4v) is 6.39. The molecule has 10 nitrogen and oxygen atoms in total. The lowest BCUT2D eigenvalue weighted by atomic mass is 9.77. The quantitative estimate of drug-likeness (QED) is 0.371. The summed E-state index contributed by atoms with van der Waals surface area (Å²) in [6.45, 7) is 0.591. The van der Waals surface area contributed by atoms with Crippen LogP contribution in [0, 0.1) is 5.92 Å². The van der Waals surface area contributed by atoms with Crippen LogP contribution in [-0.2, 0) is 20.9 Å². The number of hydrogen-bond donors (Lipinski definition) is 4. The third-order valence-electron chi connectivity index (χ3n) is 8.27. The number of aliphatic hydroxyl groups is 3. The van der Waals surface area contributed by atoms with E-state index in [1.165, 1.54) is 7.11 Å². The second kappa shape index (κ2) is 11.6. The first-order chi connectivity index (χ1) is 18.5. The number of carbonyl (C=O) groups excluding carboxylic acids is 2. The number of benzene rings is 1. The van der Waals surface area contributed by atoms with Gasteiger partial charge in [-0.25, -0.2) is 0 Å². The molecule has 1 aromatic rings. The minimum Gasteiger partial charge on any atom is -0.493 e. The Labute approximate surface area is 222 Å². The molecule has 0 radical (unpaired) electrons. The molecule has 38 heavy (non-hydrogen) atoms. The van der Waals surface area contributed by atoms with Crippen LogP contribution in [-0.4, -0.2) is 89.8 Å². The molecule has 0 aromatic heterocycles. The Kier molecular flexibility index (Phi) is 8.23. The van der Waals surface area contributed by atoms with Gasteiger partial charge in [-0.1, -0.05) is 12.8 Å². The Hall–Kier alpha value is -2.66. The first kappa shape index (κ1) is 26.9. The molecule has 1 aromatic carbocycles. The van der Waals surface area contributed by atoms with Gasteiger partial charge in [-0.15, -0.1) is 0 Å². The van der Waals surface area contributed by atoms with Crippen molar-refractivity contribution < 1.29 is 39.1 Å². The largest absolute Gasteiger partial charge is 0.493 e. The van der Waals surface area contributed by atoms with E-state index in [4.69, 9.17) is 14.2 Å². The first-order valence-corrected chi connectivity index (χ1v) is 13.7. The standard InChI is InChI=1S/C28H38N2O8/c1-36-22-12-16(15-32)11-19-23-20(27(34)29-8-9-31)13-21(24(33)26(23)38-25(19)22)30(14-18-7-4-10-37-18)28(35)17-5-2-3-6-17/h11-13,17-18,21,23-24,26,31-33H,2-10,14-15H2,1H3,(H,29,34)/t18-,21-,23+,24+,26+/m1/s1. The van der Waals surface area contributed by atoms with Crippen molar-refractivity contribution in [3.8, 4) is 11.5 Å². The van der Waals surface area contributed by atoms with Crippen molar-refractivity contribution in [3.63, 3.8) is 0 Å². The maximum absolute atomic E-state index is 13.8. The molecule has 0 unspecified atom stereocenters. The third kappa shape index (κ3) is 5.02. The summed E-state index contributed by atoms with van der Waals surface area (Å²) in [5, 5.41) is 33.6.